The fraction of sp³-hybridized carbons (Fsp3) is 0.250. The van der Waals surface area contributed by atoms with Gasteiger partial charge >= 0.3 is 0 Å². The van der Waals surface area contributed by atoms with Crippen molar-refractivity contribution >= 4 is 17.5 Å². The average molecular weight is 348 g/mol. The lowest BCUT2D eigenvalue weighted by molar-refractivity contribution is 0.590. The van der Waals surface area contributed by atoms with E-state index in [4.69, 9.17) is 5.10 Å². The van der Waals surface area contributed by atoms with Gasteiger partial charge in [0, 0.05) is 11.3 Å². The summed E-state index contributed by atoms with van der Waals surface area (Å²) in [6.07, 6.45) is 0. The standard InChI is InChI=1S/C20H20N4S/c1-20(2,3)16-11-9-15(10-12-16)18-21-22-19-24(18)23-17(13-25-19)14-7-5-4-6-8-14/h4-12H,13H2,1-3H3. The summed E-state index contributed by atoms with van der Waals surface area (Å²) < 4.78 is 1.86. The summed E-state index contributed by atoms with van der Waals surface area (Å²) in [6, 6.07) is 18.8. The van der Waals surface area contributed by atoms with Crippen LogP contribution >= 0.6 is 11.8 Å². The van der Waals surface area contributed by atoms with Crippen molar-refractivity contribution < 1.29 is 0 Å². The van der Waals surface area contributed by atoms with E-state index in [1.165, 1.54) is 5.56 Å². The van der Waals surface area contributed by atoms with Crippen molar-refractivity contribution in [2.45, 2.75) is 31.3 Å². The zero-order valence-corrected chi connectivity index (χ0v) is 15.4. The molecule has 1 aromatic heterocycles. The predicted octanol–water partition coefficient (Wildman–Crippen LogP) is 4.60. The van der Waals surface area contributed by atoms with Crippen LogP contribution in [0.1, 0.15) is 31.9 Å². The molecular weight excluding hydrogens is 328 g/mol. The second kappa shape index (κ2) is 6.15. The van der Waals surface area contributed by atoms with Crippen molar-refractivity contribution in [3.63, 3.8) is 0 Å². The lowest BCUT2D eigenvalue weighted by atomic mass is 9.87. The smallest absolute Gasteiger partial charge is 0.187 e. The molecule has 0 fully saturated rings. The maximum Gasteiger partial charge on any atom is 0.212 e. The molecule has 0 aliphatic carbocycles. The molecule has 126 valence electrons. The minimum atomic E-state index is 0.136. The summed E-state index contributed by atoms with van der Waals surface area (Å²) in [5.41, 5.74) is 4.66. The lowest BCUT2D eigenvalue weighted by Gasteiger charge is -2.19. The maximum absolute atomic E-state index is 4.81. The molecule has 0 atom stereocenters. The number of fused-ring (bicyclic) bond motifs is 1. The van der Waals surface area contributed by atoms with Gasteiger partial charge in [0.2, 0.25) is 5.16 Å². The van der Waals surface area contributed by atoms with Crippen molar-refractivity contribution in [3.05, 3.63) is 65.7 Å². The van der Waals surface area contributed by atoms with E-state index in [1.54, 1.807) is 11.8 Å². The zero-order valence-electron chi connectivity index (χ0n) is 14.6. The SMILES string of the molecule is CC(C)(C)c1ccc(-c2nnc3n2N=C(c2ccccc2)CS3)cc1. The summed E-state index contributed by atoms with van der Waals surface area (Å²) in [4.78, 5) is 0. The number of benzene rings is 2. The van der Waals surface area contributed by atoms with Gasteiger partial charge in [0.15, 0.2) is 5.82 Å². The van der Waals surface area contributed by atoms with Crippen LogP contribution in [0.25, 0.3) is 11.4 Å². The monoisotopic (exact) mass is 348 g/mol. The molecule has 2 aromatic carbocycles. The molecule has 0 N–H and O–H groups in total. The third-order valence-electron chi connectivity index (χ3n) is 4.29. The van der Waals surface area contributed by atoms with Crippen LogP contribution in [0.5, 0.6) is 0 Å². The van der Waals surface area contributed by atoms with Gasteiger partial charge in [0.05, 0.1) is 5.71 Å². The van der Waals surface area contributed by atoms with Gasteiger partial charge in [-0.3, -0.25) is 0 Å². The minimum absolute atomic E-state index is 0.136. The molecule has 4 nitrogen and oxygen atoms in total. The number of nitrogens with zero attached hydrogens (tertiary/aromatic N) is 4. The maximum atomic E-state index is 4.81. The molecule has 0 saturated heterocycles. The van der Waals surface area contributed by atoms with E-state index in [-0.39, 0.29) is 5.41 Å². The van der Waals surface area contributed by atoms with Crippen molar-refractivity contribution in [2.75, 3.05) is 5.75 Å². The summed E-state index contributed by atoms with van der Waals surface area (Å²) in [6.45, 7) is 6.65. The quantitative estimate of drug-likeness (QED) is 0.680. The average Bonchev–Trinajstić information content (AvgIpc) is 3.05. The third kappa shape index (κ3) is 3.12. The van der Waals surface area contributed by atoms with Crippen molar-refractivity contribution in [2.24, 2.45) is 5.10 Å². The first-order valence-electron chi connectivity index (χ1n) is 8.35. The van der Waals surface area contributed by atoms with E-state index >= 15 is 0 Å². The van der Waals surface area contributed by atoms with Gasteiger partial charge in [-0.15, -0.1) is 10.2 Å². The Balaban J connectivity index is 1.73. The Morgan fingerprint density at radius 2 is 1.60 bits per heavy atom. The fourth-order valence-corrected chi connectivity index (χ4v) is 3.64. The highest BCUT2D eigenvalue weighted by Crippen LogP contribution is 2.30. The number of hydrogen-bond donors (Lipinski definition) is 0. The Hall–Kier alpha value is -2.40. The van der Waals surface area contributed by atoms with Gasteiger partial charge in [-0.2, -0.15) is 9.78 Å². The summed E-state index contributed by atoms with van der Waals surface area (Å²) in [5.74, 6) is 1.60. The van der Waals surface area contributed by atoms with Crippen LogP contribution in [0.15, 0.2) is 64.9 Å². The molecule has 5 heteroatoms. The van der Waals surface area contributed by atoms with E-state index in [0.29, 0.717) is 0 Å². The third-order valence-corrected chi connectivity index (χ3v) is 5.22. The topological polar surface area (TPSA) is 43.1 Å². The number of rotatable bonds is 2. The molecule has 0 spiro atoms. The molecular formula is C20H20N4S. The Labute approximate surface area is 152 Å². The van der Waals surface area contributed by atoms with Crippen LogP contribution < -0.4 is 0 Å². The predicted molar refractivity (Wildman–Crippen MR) is 103 cm³/mol. The Morgan fingerprint density at radius 3 is 2.28 bits per heavy atom. The Kier molecular flexibility index (Phi) is 3.96. The normalized spacial score (nSPS) is 14.1. The van der Waals surface area contributed by atoms with Crippen molar-refractivity contribution in [1.82, 2.24) is 14.9 Å². The van der Waals surface area contributed by atoms with E-state index in [1.807, 2.05) is 22.9 Å². The molecule has 0 amide bonds. The molecule has 0 unspecified atom stereocenters. The van der Waals surface area contributed by atoms with Crippen molar-refractivity contribution in [3.8, 4) is 11.4 Å². The van der Waals surface area contributed by atoms with Gasteiger partial charge in [-0.25, -0.2) is 0 Å². The number of thioether (sulfide) groups is 1. The fourth-order valence-electron chi connectivity index (χ4n) is 2.80. The second-order valence-corrected chi connectivity index (χ2v) is 8.09. The van der Waals surface area contributed by atoms with E-state index in [9.17, 15) is 0 Å². The number of aromatic nitrogens is 3. The van der Waals surface area contributed by atoms with Gasteiger partial charge in [-0.1, -0.05) is 87.1 Å². The van der Waals surface area contributed by atoms with E-state index < -0.39 is 0 Å². The highest BCUT2D eigenvalue weighted by atomic mass is 32.2. The molecule has 0 bridgehead atoms. The van der Waals surface area contributed by atoms with Crippen molar-refractivity contribution in [1.29, 1.82) is 0 Å². The summed E-state index contributed by atoms with van der Waals surface area (Å²) in [5, 5.41) is 14.3. The van der Waals surface area contributed by atoms with Gasteiger partial charge in [0.1, 0.15) is 0 Å². The Bertz CT molecular complexity index is 919. The van der Waals surface area contributed by atoms with Crippen LogP contribution in [0, 0.1) is 0 Å². The first-order chi connectivity index (χ1) is 12.0. The molecule has 1 aliphatic heterocycles. The Morgan fingerprint density at radius 1 is 0.880 bits per heavy atom. The van der Waals surface area contributed by atoms with Gasteiger partial charge < -0.3 is 0 Å². The van der Waals surface area contributed by atoms with Gasteiger partial charge in [-0.05, 0) is 16.5 Å². The molecule has 0 radical (unpaired) electrons. The zero-order chi connectivity index (χ0) is 17.4. The largest absolute Gasteiger partial charge is 0.212 e. The first kappa shape index (κ1) is 16.1. The molecule has 25 heavy (non-hydrogen) atoms. The summed E-state index contributed by atoms with van der Waals surface area (Å²) >= 11 is 1.67. The van der Waals surface area contributed by atoms with Crippen LogP contribution in [-0.4, -0.2) is 26.3 Å². The highest BCUT2D eigenvalue weighted by Gasteiger charge is 2.21. The van der Waals surface area contributed by atoms with Crippen LogP contribution in [-0.2, 0) is 5.41 Å². The minimum Gasteiger partial charge on any atom is -0.187 e. The van der Waals surface area contributed by atoms with Crippen LogP contribution in [0.3, 0.4) is 0 Å². The van der Waals surface area contributed by atoms with E-state index in [2.05, 4.69) is 67.4 Å². The molecule has 3 aromatic rings. The molecule has 2 heterocycles. The lowest BCUT2D eigenvalue weighted by Crippen LogP contribution is -2.13. The second-order valence-electron chi connectivity index (χ2n) is 7.15. The molecule has 0 saturated carbocycles. The summed E-state index contributed by atoms with van der Waals surface area (Å²) in [7, 11) is 0. The van der Waals surface area contributed by atoms with Crippen LogP contribution in [0.2, 0.25) is 0 Å². The van der Waals surface area contributed by atoms with E-state index in [0.717, 1.165) is 33.6 Å². The number of hydrogen-bond acceptors (Lipinski definition) is 4. The molecule has 1 aliphatic rings. The van der Waals surface area contributed by atoms with Gasteiger partial charge in [0.25, 0.3) is 0 Å². The first-order valence-corrected chi connectivity index (χ1v) is 9.33. The molecule has 4 rings (SSSR count). The highest BCUT2D eigenvalue weighted by molar-refractivity contribution is 7.99. The van der Waals surface area contributed by atoms with Crippen LogP contribution in [0.4, 0.5) is 0 Å².